The molecule has 1 atom stereocenters. The Bertz CT molecular complexity index is 176. The van der Waals surface area contributed by atoms with Crippen molar-refractivity contribution in [1.82, 2.24) is 10.2 Å². The molecule has 0 saturated carbocycles. The van der Waals surface area contributed by atoms with E-state index in [4.69, 9.17) is 4.74 Å². The highest BCUT2D eigenvalue weighted by molar-refractivity contribution is 4.73. The van der Waals surface area contributed by atoms with Gasteiger partial charge in [0, 0.05) is 13.1 Å². The molecule has 0 amide bonds. The SMILES string of the molecule is CC1CCN(CCOC2CCNCC2)C1. The van der Waals surface area contributed by atoms with Gasteiger partial charge in [-0.3, -0.25) is 0 Å². The highest BCUT2D eigenvalue weighted by atomic mass is 16.5. The van der Waals surface area contributed by atoms with Gasteiger partial charge < -0.3 is 15.0 Å². The van der Waals surface area contributed by atoms with E-state index in [9.17, 15) is 0 Å². The van der Waals surface area contributed by atoms with Gasteiger partial charge >= 0.3 is 0 Å². The molecule has 2 saturated heterocycles. The summed E-state index contributed by atoms with van der Waals surface area (Å²) in [6.07, 6.45) is 4.27. The highest BCUT2D eigenvalue weighted by Gasteiger charge is 2.19. The summed E-state index contributed by atoms with van der Waals surface area (Å²) in [5.41, 5.74) is 0. The first-order valence-corrected chi connectivity index (χ1v) is 6.39. The lowest BCUT2D eigenvalue weighted by molar-refractivity contribution is 0.0226. The third kappa shape index (κ3) is 3.74. The summed E-state index contributed by atoms with van der Waals surface area (Å²) in [7, 11) is 0. The van der Waals surface area contributed by atoms with Crippen LogP contribution >= 0.6 is 0 Å². The maximum atomic E-state index is 5.90. The van der Waals surface area contributed by atoms with Crippen molar-refractivity contribution in [2.45, 2.75) is 32.3 Å². The van der Waals surface area contributed by atoms with E-state index >= 15 is 0 Å². The quantitative estimate of drug-likeness (QED) is 0.755. The summed E-state index contributed by atoms with van der Waals surface area (Å²) in [6, 6.07) is 0. The number of hydrogen-bond donors (Lipinski definition) is 1. The predicted molar refractivity (Wildman–Crippen MR) is 62.1 cm³/mol. The molecule has 0 aliphatic carbocycles. The lowest BCUT2D eigenvalue weighted by Gasteiger charge is -2.24. The molecule has 2 aliphatic heterocycles. The minimum atomic E-state index is 0.520. The van der Waals surface area contributed by atoms with Crippen molar-refractivity contribution < 1.29 is 4.74 Å². The summed E-state index contributed by atoms with van der Waals surface area (Å²) >= 11 is 0. The van der Waals surface area contributed by atoms with Gasteiger partial charge in [-0.2, -0.15) is 0 Å². The van der Waals surface area contributed by atoms with Crippen LogP contribution < -0.4 is 5.32 Å². The Morgan fingerprint density at radius 1 is 1.27 bits per heavy atom. The van der Waals surface area contributed by atoms with Gasteiger partial charge in [0.2, 0.25) is 0 Å². The van der Waals surface area contributed by atoms with E-state index < -0.39 is 0 Å². The van der Waals surface area contributed by atoms with E-state index in [1.54, 1.807) is 0 Å². The summed E-state index contributed by atoms with van der Waals surface area (Å²) in [5, 5.41) is 3.36. The number of ether oxygens (including phenoxy) is 1. The Morgan fingerprint density at radius 2 is 2.07 bits per heavy atom. The van der Waals surface area contributed by atoms with Crippen LogP contribution in [0.25, 0.3) is 0 Å². The molecule has 15 heavy (non-hydrogen) atoms. The smallest absolute Gasteiger partial charge is 0.0600 e. The standard InChI is InChI=1S/C12H24N2O/c1-11-4-7-14(10-11)8-9-15-12-2-5-13-6-3-12/h11-13H,2-10H2,1H3. The molecule has 2 rings (SSSR count). The van der Waals surface area contributed by atoms with Crippen LogP contribution in [0, 0.1) is 5.92 Å². The van der Waals surface area contributed by atoms with Crippen molar-refractivity contribution >= 4 is 0 Å². The van der Waals surface area contributed by atoms with Crippen LogP contribution in [-0.2, 0) is 4.74 Å². The van der Waals surface area contributed by atoms with E-state index in [0.717, 1.165) is 32.2 Å². The van der Waals surface area contributed by atoms with Gasteiger partial charge in [-0.25, -0.2) is 0 Å². The monoisotopic (exact) mass is 212 g/mol. The molecule has 2 aliphatic rings. The normalized spacial score (nSPS) is 29.8. The first-order chi connectivity index (χ1) is 7.34. The zero-order valence-corrected chi connectivity index (χ0v) is 9.87. The molecule has 1 N–H and O–H groups in total. The van der Waals surface area contributed by atoms with Gasteiger partial charge in [0.1, 0.15) is 0 Å². The van der Waals surface area contributed by atoms with Crippen LogP contribution in [0.2, 0.25) is 0 Å². The van der Waals surface area contributed by atoms with Crippen LogP contribution in [0.4, 0.5) is 0 Å². The van der Waals surface area contributed by atoms with Gasteiger partial charge in [0.25, 0.3) is 0 Å². The average Bonchev–Trinajstić information content (AvgIpc) is 2.66. The minimum Gasteiger partial charge on any atom is -0.377 e. The van der Waals surface area contributed by atoms with Crippen LogP contribution in [-0.4, -0.2) is 50.3 Å². The van der Waals surface area contributed by atoms with Crippen molar-refractivity contribution in [3.8, 4) is 0 Å². The maximum Gasteiger partial charge on any atom is 0.0600 e. The van der Waals surface area contributed by atoms with Crippen LogP contribution in [0.3, 0.4) is 0 Å². The third-order valence-corrected chi connectivity index (χ3v) is 3.56. The Kier molecular flexibility index (Phi) is 4.42. The van der Waals surface area contributed by atoms with Crippen molar-refractivity contribution in [3.05, 3.63) is 0 Å². The summed E-state index contributed by atoms with van der Waals surface area (Å²) in [5.74, 6) is 0.892. The van der Waals surface area contributed by atoms with Gasteiger partial charge in [-0.1, -0.05) is 6.92 Å². The van der Waals surface area contributed by atoms with E-state index in [1.807, 2.05) is 0 Å². The second kappa shape index (κ2) is 5.83. The molecule has 0 radical (unpaired) electrons. The largest absolute Gasteiger partial charge is 0.377 e. The van der Waals surface area contributed by atoms with Gasteiger partial charge in [-0.15, -0.1) is 0 Å². The Labute approximate surface area is 93.2 Å². The predicted octanol–water partition coefficient (Wildman–Crippen LogP) is 1.10. The molecular formula is C12H24N2O. The Hall–Kier alpha value is -0.120. The molecule has 2 heterocycles. The van der Waals surface area contributed by atoms with Crippen LogP contribution in [0.1, 0.15) is 26.2 Å². The summed E-state index contributed by atoms with van der Waals surface area (Å²) in [6.45, 7) is 9.21. The number of likely N-dealkylation sites (tertiary alicyclic amines) is 1. The Balaban J connectivity index is 1.54. The van der Waals surface area contributed by atoms with Crippen molar-refractivity contribution in [2.24, 2.45) is 5.92 Å². The second-order valence-electron chi connectivity index (χ2n) is 5.01. The van der Waals surface area contributed by atoms with Gasteiger partial charge in [0.15, 0.2) is 0 Å². The zero-order chi connectivity index (χ0) is 10.5. The van der Waals surface area contributed by atoms with Crippen molar-refractivity contribution in [2.75, 3.05) is 39.3 Å². The van der Waals surface area contributed by atoms with Crippen molar-refractivity contribution in [3.63, 3.8) is 0 Å². The molecule has 88 valence electrons. The number of hydrogen-bond acceptors (Lipinski definition) is 3. The average molecular weight is 212 g/mol. The van der Waals surface area contributed by atoms with E-state index in [1.165, 1.54) is 32.4 Å². The van der Waals surface area contributed by atoms with Crippen molar-refractivity contribution in [1.29, 1.82) is 0 Å². The van der Waals surface area contributed by atoms with E-state index in [-0.39, 0.29) is 0 Å². The summed E-state index contributed by atoms with van der Waals surface area (Å²) < 4.78 is 5.90. The second-order valence-corrected chi connectivity index (χ2v) is 5.01. The first-order valence-electron chi connectivity index (χ1n) is 6.39. The Morgan fingerprint density at radius 3 is 2.73 bits per heavy atom. The van der Waals surface area contributed by atoms with E-state index in [0.29, 0.717) is 6.10 Å². The fourth-order valence-electron chi connectivity index (χ4n) is 2.54. The number of piperidine rings is 1. The number of nitrogens with zero attached hydrogens (tertiary/aromatic N) is 1. The fraction of sp³-hybridized carbons (Fsp3) is 1.00. The molecule has 2 fully saturated rings. The topological polar surface area (TPSA) is 24.5 Å². The highest BCUT2D eigenvalue weighted by Crippen LogP contribution is 2.14. The van der Waals surface area contributed by atoms with Gasteiger partial charge in [-0.05, 0) is 44.8 Å². The molecule has 0 spiro atoms. The van der Waals surface area contributed by atoms with Crippen LogP contribution in [0.15, 0.2) is 0 Å². The molecular weight excluding hydrogens is 188 g/mol. The lowest BCUT2D eigenvalue weighted by atomic mass is 10.1. The molecule has 0 aromatic heterocycles. The zero-order valence-electron chi connectivity index (χ0n) is 9.87. The third-order valence-electron chi connectivity index (χ3n) is 3.56. The van der Waals surface area contributed by atoms with E-state index in [2.05, 4.69) is 17.1 Å². The van der Waals surface area contributed by atoms with Crippen LogP contribution in [0.5, 0.6) is 0 Å². The molecule has 3 heteroatoms. The fourth-order valence-corrected chi connectivity index (χ4v) is 2.54. The molecule has 1 unspecified atom stereocenters. The first kappa shape index (κ1) is 11.4. The molecule has 3 nitrogen and oxygen atoms in total. The molecule has 0 aromatic carbocycles. The van der Waals surface area contributed by atoms with Gasteiger partial charge in [0.05, 0.1) is 12.7 Å². The maximum absolute atomic E-state index is 5.90. The number of rotatable bonds is 4. The summed E-state index contributed by atoms with van der Waals surface area (Å²) in [4.78, 5) is 2.53. The minimum absolute atomic E-state index is 0.520. The molecule has 0 aromatic rings. The number of nitrogens with one attached hydrogen (secondary N) is 1. The lowest BCUT2D eigenvalue weighted by Crippen LogP contribution is -2.34. The molecule has 0 bridgehead atoms.